The first kappa shape index (κ1) is 19.5. The molecule has 148 valence electrons. The average Bonchev–Trinajstić information content (AvgIpc) is 3.19. The molecule has 1 aromatic heterocycles. The molecule has 8 nitrogen and oxygen atoms in total. The van der Waals surface area contributed by atoms with E-state index in [0.717, 1.165) is 21.7 Å². The van der Waals surface area contributed by atoms with Gasteiger partial charge in [-0.05, 0) is 24.3 Å². The van der Waals surface area contributed by atoms with Crippen molar-refractivity contribution in [3.8, 4) is 28.2 Å². The Morgan fingerprint density at radius 2 is 1.50 bits per heavy atom. The van der Waals surface area contributed by atoms with Gasteiger partial charge in [0, 0.05) is 21.7 Å². The number of rotatable bonds is 5. The molecule has 1 heterocycles. The molecule has 30 heavy (non-hydrogen) atoms. The first-order valence-corrected chi connectivity index (χ1v) is 9.58. The number of nitro groups is 2. The second-order valence-electron chi connectivity index (χ2n) is 6.39. The summed E-state index contributed by atoms with van der Waals surface area (Å²) < 4.78 is 2.34. The van der Waals surface area contributed by atoms with E-state index in [-0.39, 0.29) is 11.4 Å². The summed E-state index contributed by atoms with van der Waals surface area (Å²) in [6.45, 7) is 0. The van der Waals surface area contributed by atoms with Gasteiger partial charge in [-0.2, -0.15) is 5.10 Å². The van der Waals surface area contributed by atoms with Crippen LogP contribution in [0, 0.1) is 20.2 Å². The van der Waals surface area contributed by atoms with E-state index >= 15 is 0 Å². The Kier molecular flexibility index (Phi) is 5.11. The minimum Gasteiger partial charge on any atom is -0.258 e. The molecule has 0 spiro atoms. The lowest BCUT2D eigenvalue weighted by atomic mass is 10.1. The molecule has 0 saturated carbocycles. The van der Waals surface area contributed by atoms with Gasteiger partial charge in [-0.1, -0.05) is 58.4 Å². The van der Waals surface area contributed by atoms with Gasteiger partial charge in [0.15, 0.2) is 0 Å². The van der Waals surface area contributed by atoms with E-state index in [4.69, 9.17) is 0 Å². The van der Waals surface area contributed by atoms with E-state index in [0.29, 0.717) is 11.4 Å². The van der Waals surface area contributed by atoms with Gasteiger partial charge in [0.05, 0.1) is 27.3 Å². The number of non-ortho nitro benzene ring substituents is 1. The molecule has 0 fully saturated rings. The maximum absolute atomic E-state index is 11.7. The molecule has 0 amide bonds. The van der Waals surface area contributed by atoms with Gasteiger partial charge in [-0.3, -0.25) is 20.2 Å². The van der Waals surface area contributed by atoms with Crippen molar-refractivity contribution in [2.24, 2.45) is 0 Å². The van der Waals surface area contributed by atoms with Gasteiger partial charge in [0.1, 0.15) is 5.69 Å². The summed E-state index contributed by atoms with van der Waals surface area (Å²) in [5, 5.41) is 27.4. The van der Waals surface area contributed by atoms with Crippen molar-refractivity contribution in [3.05, 3.63) is 104 Å². The molecule has 0 aliphatic heterocycles. The summed E-state index contributed by atoms with van der Waals surface area (Å²) in [5.74, 6) is 0. The number of nitro benzene ring substituents is 2. The normalized spacial score (nSPS) is 10.7. The highest BCUT2D eigenvalue weighted by Crippen LogP contribution is 2.34. The quantitative estimate of drug-likeness (QED) is 0.274. The van der Waals surface area contributed by atoms with Crippen molar-refractivity contribution in [2.45, 2.75) is 0 Å². The predicted octanol–water partition coefficient (Wildman–Crippen LogP) is 5.79. The van der Waals surface area contributed by atoms with Crippen LogP contribution >= 0.6 is 15.9 Å². The third kappa shape index (κ3) is 3.70. The average molecular weight is 465 g/mol. The van der Waals surface area contributed by atoms with Crippen molar-refractivity contribution in [2.75, 3.05) is 0 Å². The zero-order chi connectivity index (χ0) is 21.3. The van der Waals surface area contributed by atoms with Crippen LogP contribution in [-0.2, 0) is 0 Å². The lowest BCUT2D eigenvalue weighted by Crippen LogP contribution is -2.04. The molecule has 0 N–H and O–H groups in total. The van der Waals surface area contributed by atoms with Gasteiger partial charge >= 0.3 is 5.69 Å². The van der Waals surface area contributed by atoms with Crippen LogP contribution in [0.3, 0.4) is 0 Å². The minimum atomic E-state index is -0.662. The highest BCUT2D eigenvalue weighted by atomic mass is 79.9. The Bertz CT molecular complexity index is 1250. The van der Waals surface area contributed by atoms with Gasteiger partial charge in [-0.25, -0.2) is 4.68 Å². The molecule has 3 aromatic carbocycles. The Labute approximate surface area is 178 Å². The van der Waals surface area contributed by atoms with E-state index in [1.165, 1.54) is 16.8 Å². The second-order valence-corrected chi connectivity index (χ2v) is 7.30. The van der Waals surface area contributed by atoms with E-state index in [1.807, 2.05) is 60.7 Å². The Hall–Kier alpha value is -3.85. The molecule has 9 heteroatoms. The number of halogens is 1. The summed E-state index contributed by atoms with van der Waals surface area (Å²) >= 11 is 3.40. The standard InChI is InChI=1S/C21H13BrN4O4/c22-16-8-6-15(7-9-16)20-13-18(14-4-2-1-3-5-14)23-24(20)19-11-10-17(25(27)28)12-21(19)26(29)30/h1-13H. The van der Waals surface area contributed by atoms with Crippen LogP contribution in [0.5, 0.6) is 0 Å². The van der Waals surface area contributed by atoms with Crippen molar-refractivity contribution in [1.29, 1.82) is 0 Å². The Balaban J connectivity index is 1.97. The molecule has 0 saturated heterocycles. The molecule has 0 aliphatic carbocycles. The summed E-state index contributed by atoms with van der Waals surface area (Å²) in [4.78, 5) is 21.5. The Morgan fingerprint density at radius 1 is 0.800 bits per heavy atom. The molecule has 4 rings (SSSR count). The van der Waals surface area contributed by atoms with Crippen molar-refractivity contribution in [1.82, 2.24) is 9.78 Å². The summed E-state index contributed by atoms with van der Waals surface area (Å²) in [6.07, 6.45) is 0. The van der Waals surface area contributed by atoms with Crippen LogP contribution in [0.2, 0.25) is 0 Å². The molecular weight excluding hydrogens is 452 g/mol. The topological polar surface area (TPSA) is 104 Å². The van der Waals surface area contributed by atoms with Crippen molar-refractivity contribution < 1.29 is 9.85 Å². The van der Waals surface area contributed by atoms with Crippen molar-refractivity contribution in [3.63, 3.8) is 0 Å². The van der Waals surface area contributed by atoms with Crippen LogP contribution in [-0.4, -0.2) is 19.6 Å². The molecule has 0 unspecified atom stereocenters. The largest absolute Gasteiger partial charge is 0.301 e. The molecule has 0 radical (unpaired) electrons. The van der Waals surface area contributed by atoms with E-state index < -0.39 is 15.5 Å². The summed E-state index contributed by atoms with van der Waals surface area (Å²) in [5.41, 5.74) is 2.28. The van der Waals surface area contributed by atoms with Crippen molar-refractivity contribution >= 4 is 27.3 Å². The van der Waals surface area contributed by atoms with Crippen LogP contribution in [0.15, 0.2) is 83.3 Å². The lowest BCUT2D eigenvalue weighted by molar-refractivity contribution is -0.394. The van der Waals surface area contributed by atoms with Gasteiger partial charge in [0.2, 0.25) is 0 Å². The zero-order valence-corrected chi connectivity index (χ0v) is 16.9. The fourth-order valence-electron chi connectivity index (χ4n) is 3.09. The fraction of sp³-hybridized carbons (Fsp3) is 0. The number of benzene rings is 3. The maximum Gasteiger partial charge on any atom is 0.301 e. The third-order valence-corrected chi connectivity index (χ3v) is 5.04. The summed E-state index contributed by atoms with van der Waals surface area (Å²) in [7, 11) is 0. The number of nitrogens with zero attached hydrogens (tertiary/aromatic N) is 4. The van der Waals surface area contributed by atoms with E-state index in [1.54, 1.807) is 0 Å². The maximum atomic E-state index is 11.7. The monoisotopic (exact) mass is 464 g/mol. The van der Waals surface area contributed by atoms with Crippen LogP contribution in [0.4, 0.5) is 11.4 Å². The highest BCUT2D eigenvalue weighted by Gasteiger charge is 2.24. The number of hydrogen-bond acceptors (Lipinski definition) is 5. The molecule has 0 atom stereocenters. The van der Waals surface area contributed by atoms with Gasteiger partial charge in [0.25, 0.3) is 5.69 Å². The van der Waals surface area contributed by atoms with Gasteiger partial charge in [-0.15, -0.1) is 0 Å². The van der Waals surface area contributed by atoms with Crippen LogP contribution < -0.4 is 0 Å². The molecule has 0 bridgehead atoms. The molecule has 0 aliphatic rings. The van der Waals surface area contributed by atoms with Crippen LogP contribution in [0.1, 0.15) is 0 Å². The first-order valence-electron chi connectivity index (χ1n) is 8.78. The third-order valence-electron chi connectivity index (χ3n) is 4.51. The number of hydrogen-bond donors (Lipinski definition) is 0. The van der Waals surface area contributed by atoms with E-state index in [9.17, 15) is 20.2 Å². The summed E-state index contributed by atoms with van der Waals surface area (Å²) in [6, 6.07) is 22.2. The zero-order valence-electron chi connectivity index (χ0n) is 15.3. The highest BCUT2D eigenvalue weighted by molar-refractivity contribution is 9.10. The predicted molar refractivity (Wildman–Crippen MR) is 115 cm³/mol. The van der Waals surface area contributed by atoms with Gasteiger partial charge < -0.3 is 0 Å². The second kappa shape index (κ2) is 7.88. The van der Waals surface area contributed by atoms with E-state index in [2.05, 4.69) is 21.0 Å². The molecule has 4 aromatic rings. The molecular formula is C21H13BrN4O4. The number of aromatic nitrogens is 2. The van der Waals surface area contributed by atoms with Crippen LogP contribution in [0.25, 0.3) is 28.2 Å². The Morgan fingerprint density at radius 3 is 2.13 bits per heavy atom. The fourth-order valence-corrected chi connectivity index (χ4v) is 3.36. The smallest absolute Gasteiger partial charge is 0.258 e. The first-order chi connectivity index (χ1) is 14.4. The SMILES string of the molecule is O=[N+]([O-])c1ccc(-n2nc(-c3ccccc3)cc2-c2ccc(Br)cc2)c([N+](=O)[O-])c1. The lowest BCUT2D eigenvalue weighted by Gasteiger charge is -2.08. The minimum absolute atomic E-state index is 0.144.